The van der Waals surface area contributed by atoms with Crippen LogP contribution in [0.3, 0.4) is 0 Å². The standard InChI is InChI=1S/C13H11Cl2FN2O2S/c14-11-5-10(6-12(15)13(11)16)18-21(19,20)7-8-2-1-3-9(17)4-8/h1-6,18H,7,17H2. The smallest absolute Gasteiger partial charge is 0.236 e. The first-order chi connectivity index (χ1) is 9.77. The van der Waals surface area contributed by atoms with E-state index in [1.165, 1.54) is 0 Å². The molecule has 8 heteroatoms. The Morgan fingerprint density at radius 1 is 1.14 bits per heavy atom. The Bertz CT molecular complexity index is 758. The molecule has 2 aromatic carbocycles. The quantitative estimate of drug-likeness (QED) is 0.654. The summed E-state index contributed by atoms with van der Waals surface area (Å²) in [6.45, 7) is 0. The van der Waals surface area contributed by atoms with Crippen molar-refractivity contribution >= 4 is 44.6 Å². The van der Waals surface area contributed by atoms with Gasteiger partial charge < -0.3 is 5.73 Å². The zero-order valence-electron chi connectivity index (χ0n) is 10.6. The van der Waals surface area contributed by atoms with Crippen LogP contribution < -0.4 is 10.5 Å². The van der Waals surface area contributed by atoms with Crippen LogP contribution in [0.15, 0.2) is 36.4 Å². The highest BCUT2D eigenvalue weighted by molar-refractivity contribution is 7.91. The van der Waals surface area contributed by atoms with Crippen molar-refractivity contribution in [3.05, 3.63) is 57.8 Å². The molecular weight excluding hydrogens is 338 g/mol. The number of hydrogen-bond donors (Lipinski definition) is 2. The number of nitrogens with one attached hydrogen (secondary N) is 1. The topological polar surface area (TPSA) is 72.2 Å². The summed E-state index contributed by atoms with van der Waals surface area (Å²) in [6, 6.07) is 8.82. The molecular formula is C13H11Cl2FN2O2S. The van der Waals surface area contributed by atoms with Crippen molar-refractivity contribution in [3.63, 3.8) is 0 Å². The number of nitrogen functional groups attached to an aromatic ring is 1. The van der Waals surface area contributed by atoms with Gasteiger partial charge in [-0.1, -0.05) is 35.3 Å². The van der Waals surface area contributed by atoms with Gasteiger partial charge in [-0.2, -0.15) is 0 Å². The van der Waals surface area contributed by atoms with Gasteiger partial charge in [0, 0.05) is 5.69 Å². The van der Waals surface area contributed by atoms with Crippen molar-refractivity contribution in [3.8, 4) is 0 Å². The van der Waals surface area contributed by atoms with Gasteiger partial charge in [-0.15, -0.1) is 0 Å². The summed E-state index contributed by atoms with van der Waals surface area (Å²) in [6.07, 6.45) is 0. The summed E-state index contributed by atoms with van der Waals surface area (Å²) in [5.41, 5.74) is 6.69. The summed E-state index contributed by atoms with van der Waals surface area (Å²) in [7, 11) is -3.70. The average molecular weight is 349 g/mol. The molecule has 0 aliphatic carbocycles. The highest BCUT2D eigenvalue weighted by atomic mass is 35.5. The third kappa shape index (κ3) is 4.23. The van der Waals surface area contributed by atoms with E-state index in [2.05, 4.69) is 4.72 Å². The van der Waals surface area contributed by atoms with Crippen LogP contribution in [0.2, 0.25) is 10.0 Å². The van der Waals surface area contributed by atoms with E-state index in [0.717, 1.165) is 12.1 Å². The zero-order valence-corrected chi connectivity index (χ0v) is 12.9. The fourth-order valence-electron chi connectivity index (χ4n) is 1.73. The maximum Gasteiger partial charge on any atom is 0.236 e. The molecule has 0 saturated heterocycles. The highest BCUT2D eigenvalue weighted by Crippen LogP contribution is 2.28. The number of hydrogen-bond acceptors (Lipinski definition) is 3. The first-order valence-electron chi connectivity index (χ1n) is 5.76. The second-order valence-corrected chi connectivity index (χ2v) is 6.90. The summed E-state index contributed by atoms with van der Waals surface area (Å²) in [5, 5.41) is -0.520. The zero-order chi connectivity index (χ0) is 15.6. The van der Waals surface area contributed by atoms with E-state index >= 15 is 0 Å². The number of halogens is 3. The summed E-state index contributed by atoms with van der Waals surface area (Å²) < 4.78 is 39.7. The van der Waals surface area contributed by atoms with Crippen molar-refractivity contribution < 1.29 is 12.8 Å². The minimum atomic E-state index is -3.70. The molecule has 0 aromatic heterocycles. The first kappa shape index (κ1) is 15.9. The minimum absolute atomic E-state index is 0.0929. The molecule has 4 nitrogen and oxygen atoms in total. The summed E-state index contributed by atoms with van der Waals surface area (Å²) >= 11 is 11.2. The number of anilines is 2. The van der Waals surface area contributed by atoms with Crippen LogP contribution in [0, 0.1) is 5.82 Å². The van der Waals surface area contributed by atoms with Crippen molar-refractivity contribution in [1.82, 2.24) is 0 Å². The lowest BCUT2D eigenvalue weighted by molar-refractivity contribution is 0.600. The highest BCUT2D eigenvalue weighted by Gasteiger charge is 2.15. The van der Waals surface area contributed by atoms with Crippen LogP contribution in [0.5, 0.6) is 0 Å². The molecule has 0 fully saturated rings. The molecule has 0 aliphatic rings. The SMILES string of the molecule is Nc1cccc(CS(=O)(=O)Nc2cc(Cl)c(F)c(Cl)c2)c1. The Morgan fingerprint density at radius 3 is 2.33 bits per heavy atom. The average Bonchev–Trinajstić information content (AvgIpc) is 2.34. The van der Waals surface area contributed by atoms with Gasteiger partial charge in [0.05, 0.1) is 21.5 Å². The lowest BCUT2D eigenvalue weighted by atomic mass is 10.2. The van der Waals surface area contributed by atoms with Gasteiger partial charge in [0.1, 0.15) is 0 Å². The minimum Gasteiger partial charge on any atom is -0.399 e. The molecule has 0 heterocycles. The van der Waals surface area contributed by atoms with Crippen molar-refractivity contribution in [1.29, 1.82) is 0 Å². The lowest BCUT2D eigenvalue weighted by Gasteiger charge is -2.10. The predicted octanol–water partition coefficient (Wildman–Crippen LogP) is 3.66. The maximum atomic E-state index is 13.3. The second kappa shape index (κ2) is 6.09. The van der Waals surface area contributed by atoms with Gasteiger partial charge in [0.15, 0.2) is 5.82 Å². The number of rotatable bonds is 4. The van der Waals surface area contributed by atoms with Gasteiger partial charge in [0.2, 0.25) is 10.0 Å². The number of benzene rings is 2. The molecule has 112 valence electrons. The van der Waals surface area contributed by atoms with E-state index in [1.807, 2.05) is 0 Å². The molecule has 2 rings (SSSR count). The Labute approximate surface area is 131 Å². The van der Waals surface area contributed by atoms with Gasteiger partial charge in [-0.3, -0.25) is 4.72 Å². The molecule has 0 aliphatic heterocycles. The molecule has 2 aromatic rings. The van der Waals surface area contributed by atoms with Gasteiger partial charge >= 0.3 is 0 Å². The Kier molecular flexibility index (Phi) is 4.61. The van der Waals surface area contributed by atoms with Crippen LogP contribution in [-0.4, -0.2) is 8.42 Å². The molecule has 0 unspecified atom stereocenters. The maximum absolute atomic E-state index is 13.3. The van der Waals surface area contributed by atoms with Gasteiger partial charge in [-0.05, 0) is 29.8 Å². The van der Waals surface area contributed by atoms with Crippen LogP contribution >= 0.6 is 23.2 Å². The van der Waals surface area contributed by atoms with Crippen LogP contribution in [-0.2, 0) is 15.8 Å². The van der Waals surface area contributed by atoms with Crippen molar-refractivity contribution in [2.75, 3.05) is 10.5 Å². The molecule has 0 spiro atoms. The van der Waals surface area contributed by atoms with Crippen LogP contribution in [0.1, 0.15) is 5.56 Å². The lowest BCUT2D eigenvalue weighted by Crippen LogP contribution is -2.15. The Morgan fingerprint density at radius 2 is 1.76 bits per heavy atom. The van der Waals surface area contributed by atoms with E-state index in [9.17, 15) is 12.8 Å². The summed E-state index contributed by atoms with van der Waals surface area (Å²) in [4.78, 5) is 0. The van der Waals surface area contributed by atoms with E-state index in [-0.39, 0.29) is 21.5 Å². The van der Waals surface area contributed by atoms with Crippen LogP contribution in [0.4, 0.5) is 15.8 Å². The van der Waals surface area contributed by atoms with Crippen molar-refractivity contribution in [2.24, 2.45) is 0 Å². The molecule has 0 atom stereocenters. The normalized spacial score (nSPS) is 11.4. The van der Waals surface area contributed by atoms with E-state index in [0.29, 0.717) is 11.3 Å². The molecule has 21 heavy (non-hydrogen) atoms. The molecule has 0 amide bonds. The fourth-order valence-corrected chi connectivity index (χ4v) is 3.39. The number of nitrogens with two attached hydrogens (primary N) is 1. The number of sulfonamides is 1. The molecule has 0 saturated carbocycles. The fraction of sp³-hybridized carbons (Fsp3) is 0.0769. The van der Waals surface area contributed by atoms with Gasteiger partial charge in [-0.25, -0.2) is 12.8 Å². The van der Waals surface area contributed by atoms with Crippen molar-refractivity contribution in [2.45, 2.75) is 5.75 Å². The van der Waals surface area contributed by atoms with E-state index in [1.54, 1.807) is 24.3 Å². The summed E-state index contributed by atoms with van der Waals surface area (Å²) in [5.74, 6) is -1.07. The monoisotopic (exact) mass is 348 g/mol. The molecule has 0 bridgehead atoms. The van der Waals surface area contributed by atoms with E-state index in [4.69, 9.17) is 28.9 Å². The first-order valence-corrected chi connectivity index (χ1v) is 8.17. The van der Waals surface area contributed by atoms with E-state index < -0.39 is 15.8 Å². The molecule has 0 radical (unpaired) electrons. The van der Waals surface area contributed by atoms with Gasteiger partial charge in [0.25, 0.3) is 0 Å². The largest absolute Gasteiger partial charge is 0.399 e. The second-order valence-electron chi connectivity index (χ2n) is 4.36. The molecule has 3 N–H and O–H groups in total. The third-order valence-corrected chi connectivity index (χ3v) is 4.38. The predicted molar refractivity (Wildman–Crippen MR) is 83.5 cm³/mol. The Hall–Kier alpha value is -1.50. The Balaban J connectivity index is 2.22. The third-order valence-electron chi connectivity index (χ3n) is 2.56. The van der Waals surface area contributed by atoms with Crippen LogP contribution in [0.25, 0.3) is 0 Å².